The van der Waals surface area contributed by atoms with E-state index in [0.717, 1.165) is 6.92 Å². The number of rotatable bonds is 3. The maximum atomic E-state index is 12.4. The molecule has 0 amide bonds. The van der Waals surface area contributed by atoms with Gasteiger partial charge in [-0.05, 0) is 0 Å². The van der Waals surface area contributed by atoms with E-state index in [-0.39, 0.29) is 0 Å². The summed E-state index contributed by atoms with van der Waals surface area (Å²) in [6.07, 6.45) is -6.19. The molecule has 0 aromatic rings. The lowest BCUT2D eigenvalue weighted by atomic mass is 10.0. The molecule has 0 aliphatic heterocycles. The predicted octanol–water partition coefficient (Wildman–Crippen LogP) is 3.18. The maximum Gasteiger partial charge on any atom is 0.400 e. The lowest BCUT2D eigenvalue weighted by Crippen LogP contribution is -2.40. The van der Waals surface area contributed by atoms with Crippen LogP contribution in [0.1, 0.15) is 13.3 Å². The highest BCUT2D eigenvalue weighted by molar-refractivity contribution is 4.81. The van der Waals surface area contributed by atoms with Gasteiger partial charge in [-0.25, -0.2) is 8.78 Å². The van der Waals surface area contributed by atoms with Gasteiger partial charge in [0, 0.05) is 6.42 Å². The van der Waals surface area contributed by atoms with E-state index in [2.05, 4.69) is 0 Å². The van der Waals surface area contributed by atoms with Gasteiger partial charge in [0.05, 0.1) is 0 Å². The predicted molar refractivity (Wildman–Crippen MR) is 30.8 cm³/mol. The molecular formula is C6H8F6. The lowest BCUT2D eigenvalue weighted by molar-refractivity contribution is -0.244. The largest absolute Gasteiger partial charge is 0.400 e. The van der Waals surface area contributed by atoms with E-state index in [1.165, 1.54) is 0 Å². The second-order valence-electron chi connectivity index (χ2n) is 2.36. The first-order chi connectivity index (χ1) is 5.25. The van der Waals surface area contributed by atoms with Gasteiger partial charge in [-0.15, -0.1) is 0 Å². The molecule has 0 spiro atoms. The summed E-state index contributed by atoms with van der Waals surface area (Å²) in [5.41, 5.74) is 0. The minimum atomic E-state index is -5.17. The third-order valence-electron chi connectivity index (χ3n) is 1.53. The topological polar surface area (TPSA) is 0 Å². The van der Waals surface area contributed by atoms with Crippen molar-refractivity contribution < 1.29 is 26.3 Å². The summed E-state index contributed by atoms with van der Waals surface area (Å²) in [5.74, 6) is -7.18. The van der Waals surface area contributed by atoms with Crippen molar-refractivity contribution in [2.24, 2.45) is 5.92 Å². The smallest absolute Gasteiger partial charge is 0.250 e. The Labute approximate surface area is 65.6 Å². The van der Waals surface area contributed by atoms with Gasteiger partial charge >= 0.3 is 6.18 Å². The van der Waals surface area contributed by atoms with Gasteiger partial charge < -0.3 is 0 Å². The fourth-order valence-electron chi connectivity index (χ4n) is 0.686. The van der Waals surface area contributed by atoms with Crippen molar-refractivity contribution in [2.45, 2.75) is 25.4 Å². The number of hydrogen-bond donors (Lipinski definition) is 0. The molecule has 0 bridgehead atoms. The monoisotopic (exact) mass is 194 g/mol. The van der Waals surface area contributed by atoms with Gasteiger partial charge in [0.1, 0.15) is 12.6 Å². The normalized spacial score (nSPS) is 16.2. The van der Waals surface area contributed by atoms with E-state index in [0.29, 0.717) is 0 Å². The molecule has 0 nitrogen and oxygen atoms in total. The van der Waals surface area contributed by atoms with Crippen LogP contribution in [-0.4, -0.2) is 18.8 Å². The minimum Gasteiger partial charge on any atom is -0.250 e. The maximum absolute atomic E-state index is 12.4. The van der Waals surface area contributed by atoms with Crippen molar-refractivity contribution in [3.05, 3.63) is 0 Å². The van der Waals surface area contributed by atoms with Crippen LogP contribution in [0.2, 0.25) is 0 Å². The second-order valence-corrected chi connectivity index (χ2v) is 2.36. The minimum absolute atomic E-state index is 0.883. The van der Waals surface area contributed by atoms with Gasteiger partial charge in [-0.3, -0.25) is 4.39 Å². The van der Waals surface area contributed by atoms with Gasteiger partial charge in [-0.2, -0.15) is 13.2 Å². The van der Waals surface area contributed by atoms with E-state index in [1.807, 2.05) is 0 Å². The molecule has 0 rings (SSSR count). The summed E-state index contributed by atoms with van der Waals surface area (Å²) >= 11 is 0. The van der Waals surface area contributed by atoms with E-state index in [1.54, 1.807) is 0 Å². The molecule has 6 heteroatoms. The van der Waals surface area contributed by atoms with Crippen LogP contribution >= 0.6 is 0 Å². The Morgan fingerprint density at radius 3 is 1.58 bits per heavy atom. The van der Waals surface area contributed by atoms with E-state index >= 15 is 0 Å². The first-order valence-electron chi connectivity index (χ1n) is 3.26. The third-order valence-corrected chi connectivity index (χ3v) is 1.53. The van der Waals surface area contributed by atoms with Gasteiger partial charge in [0.15, 0.2) is 0 Å². The Kier molecular flexibility index (Phi) is 3.41. The molecule has 0 radical (unpaired) electrons. The van der Waals surface area contributed by atoms with Crippen LogP contribution in [0.5, 0.6) is 0 Å². The van der Waals surface area contributed by atoms with Crippen LogP contribution in [0, 0.1) is 5.92 Å². The molecule has 0 aliphatic rings. The zero-order valence-electron chi connectivity index (χ0n) is 6.26. The Balaban J connectivity index is 4.56. The van der Waals surface area contributed by atoms with Crippen LogP contribution < -0.4 is 0 Å². The molecule has 0 aromatic heterocycles. The summed E-state index contributed by atoms with van der Waals surface area (Å²) in [6.45, 7) is -1.20. The molecule has 0 heterocycles. The van der Waals surface area contributed by atoms with Crippen molar-refractivity contribution >= 4 is 0 Å². The molecule has 0 fully saturated rings. The van der Waals surface area contributed by atoms with Crippen LogP contribution in [0.15, 0.2) is 0 Å². The average Bonchev–Trinajstić information content (AvgIpc) is 1.85. The molecular weight excluding hydrogens is 186 g/mol. The first kappa shape index (κ1) is 11.6. The molecule has 0 saturated heterocycles. The first-order valence-corrected chi connectivity index (χ1v) is 3.26. The van der Waals surface area contributed by atoms with E-state index in [9.17, 15) is 26.3 Å². The molecule has 0 aromatic carbocycles. The summed E-state index contributed by atoms with van der Waals surface area (Å²) in [4.78, 5) is 0. The van der Waals surface area contributed by atoms with E-state index < -0.39 is 31.1 Å². The average molecular weight is 194 g/mol. The number of halogens is 6. The quantitative estimate of drug-likeness (QED) is 0.605. The van der Waals surface area contributed by atoms with Crippen LogP contribution in [0.3, 0.4) is 0 Å². The summed E-state index contributed by atoms with van der Waals surface area (Å²) in [5, 5.41) is 0. The van der Waals surface area contributed by atoms with Crippen molar-refractivity contribution in [3.63, 3.8) is 0 Å². The zero-order valence-corrected chi connectivity index (χ0v) is 6.26. The van der Waals surface area contributed by atoms with Crippen molar-refractivity contribution in [2.75, 3.05) is 6.67 Å². The van der Waals surface area contributed by atoms with Crippen LogP contribution in [-0.2, 0) is 0 Å². The number of alkyl halides is 6. The molecule has 0 aliphatic carbocycles. The molecule has 1 atom stereocenters. The van der Waals surface area contributed by atoms with Crippen LogP contribution in [0.25, 0.3) is 0 Å². The van der Waals surface area contributed by atoms with Crippen LogP contribution in [0.4, 0.5) is 26.3 Å². The third kappa shape index (κ3) is 2.57. The standard InChI is InChI=1S/C6H8F6/c1-2-5(8,9)4(3-7)6(10,11)12/h4H,2-3H2,1H3. The fourth-order valence-corrected chi connectivity index (χ4v) is 0.686. The van der Waals surface area contributed by atoms with Crippen molar-refractivity contribution in [3.8, 4) is 0 Å². The van der Waals surface area contributed by atoms with Gasteiger partial charge in [0.2, 0.25) is 0 Å². The van der Waals surface area contributed by atoms with E-state index in [4.69, 9.17) is 0 Å². The Morgan fingerprint density at radius 2 is 1.50 bits per heavy atom. The molecule has 74 valence electrons. The molecule has 0 saturated carbocycles. The summed E-state index contributed by atoms with van der Waals surface area (Å²) < 4.78 is 71.4. The second kappa shape index (κ2) is 3.53. The Hall–Kier alpha value is -0.420. The SMILES string of the molecule is CCC(F)(F)C(CF)C(F)(F)F. The highest BCUT2D eigenvalue weighted by atomic mass is 19.4. The molecule has 12 heavy (non-hydrogen) atoms. The Bertz CT molecular complexity index is 137. The van der Waals surface area contributed by atoms with Crippen molar-refractivity contribution in [1.82, 2.24) is 0 Å². The molecule has 1 unspecified atom stereocenters. The fraction of sp³-hybridized carbons (Fsp3) is 1.00. The lowest BCUT2D eigenvalue weighted by Gasteiger charge is -2.25. The molecule has 0 N–H and O–H groups in total. The van der Waals surface area contributed by atoms with Gasteiger partial charge in [-0.1, -0.05) is 6.92 Å². The van der Waals surface area contributed by atoms with Gasteiger partial charge in [0.25, 0.3) is 5.92 Å². The van der Waals surface area contributed by atoms with Crippen molar-refractivity contribution in [1.29, 1.82) is 0 Å². The zero-order chi connectivity index (χ0) is 9.99. The highest BCUT2D eigenvalue weighted by Crippen LogP contribution is 2.40. The summed E-state index contributed by atoms with van der Waals surface area (Å²) in [6, 6.07) is 0. The number of hydrogen-bond acceptors (Lipinski definition) is 0. The highest BCUT2D eigenvalue weighted by Gasteiger charge is 2.54. The summed E-state index contributed by atoms with van der Waals surface area (Å²) in [7, 11) is 0. The Morgan fingerprint density at radius 1 is 1.08 bits per heavy atom.